The predicted molar refractivity (Wildman–Crippen MR) is 111 cm³/mol. The Kier molecular flexibility index (Phi) is 6.55. The van der Waals surface area contributed by atoms with Crippen LogP contribution in [-0.2, 0) is 28.9 Å². The highest BCUT2D eigenvalue weighted by Gasteiger charge is 2.24. The zero-order valence-corrected chi connectivity index (χ0v) is 17.2. The van der Waals surface area contributed by atoms with Gasteiger partial charge >= 0.3 is 5.97 Å². The smallest absolute Gasteiger partial charge is 0.354 e. The first-order chi connectivity index (χ1) is 13.5. The van der Waals surface area contributed by atoms with E-state index >= 15 is 0 Å². The van der Waals surface area contributed by atoms with Gasteiger partial charge < -0.3 is 14.2 Å². The number of amides is 1. The van der Waals surface area contributed by atoms with Crippen LogP contribution in [0.3, 0.4) is 0 Å². The van der Waals surface area contributed by atoms with Gasteiger partial charge in [0.2, 0.25) is 5.91 Å². The van der Waals surface area contributed by atoms with Gasteiger partial charge in [0.05, 0.1) is 7.11 Å². The lowest BCUT2D eigenvalue weighted by atomic mass is 9.99. The zero-order chi connectivity index (χ0) is 20.1. The summed E-state index contributed by atoms with van der Waals surface area (Å²) in [7, 11) is 1.39. The summed E-state index contributed by atoms with van der Waals surface area (Å²) >= 11 is 0. The van der Waals surface area contributed by atoms with E-state index in [1.165, 1.54) is 25.5 Å². The summed E-state index contributed by atoms with van der Waals surface area (Å²) in [5, 5.41) is 0. The molecule has 1 heterocycles. The Morgan fingerprint density at radius 3 is 2.54 bits per heavy atom. The van der Waals surface area contributed by atoms with Gasteiger partial charge in [-0.1, -0.05) is 25.0 Å². The zero-order valence-electron chi connectivity index (χ0n) is 17.2. The third-order valence-electron chi connectivity index (χ3n) is 5.53. The van der Waals surface area contributed by atoms with E-state index in [-0.39, 0.29) is 18.4 Å². The van der Waals surface area contributed by atoms with Crippen molar-refractivity contribution in [2.75, 3.05) is 18.6 Å². The molecule has 5 nitrogen and oxygen atoms in total. The van der Waals surface area contributed by atoms with Crippen molar-refractivity contribution in [3.8, 4) is 0 Å². The molecule has 0 spiro atoms. The maximum atomic E-state index is 13.2. The summed E-state index contributed by atoms with van der Waals surface area (Å²) in [6, 6.07) is 9.89. The number of hydrogen-bond acceptors (Lipinski definition) is 3. The van der Waals surface area contributed by atoms with Crippen LogP contribution in [0, 0.1) is 6.92 Å². The number of likely N-dealkylation sites (N-methyl/N-ethyl adjacent to an activating group) is 1. The van der Waals surface area contributed by atoms with Crippen LogP contribution in [0.1, 0.15) is 59.9 Å². The maximum absolute atomic E-state index is 13.2. The molecule has 0 fully saturated rings. The number of ether oxygens (including phenoxy) is 1. The molecule has 28 heavy (non-hydrogen) atoms. The lowest BCUT2D eigenvalue weighted by molar-refractivity contribution is -0.119. The molecule has 0 aliphatic heterocycles. The van der Waals surface area contributed by atoms with Crippen LogP contribution in [0.2, 0.25) is 0 Å². The van der Waals surface area contributed by atoms with Crippen LogP contribution in [0.15, 0.2) is 30.3 Å². The largest absolute Gasteiger partial charge is 0.464 e. The SMILES string of the molecule is CCN(C(=O)Cn1c(C(=O)OC)cc2c1CCCCCC2)c1cccc(C)c1. The van der Waals surface area contributed by atoms with Crippen molar-refractivity contribution in [3.63, 3.8) is 0 Å². The highest BCUT2D eigenvalue weighted by atomic mass is 16.5. The van der Waals surface area contributed by atoms with Crippen LogP contribution >= 0.6 is 0 Å². The molecule has 0 saturated heterocycles. The Morgan fingerprint density at radius 2 is 1.86 bits per heavy atom. The van der Waals surface area contributed by atoms with Gasteiger partial charge in [-0.3, -0.25) is 4.79 Å². The first-order valence-electron chi connectivity index (χ1n) is 10.2. The van der Waals surface area contributed by atoms with Crippen LogP contribution in [0.5, 0.6) is 0 Å². The van der Waals surface area contributed by atoms with Crippen LogP contribution in [-0.4, -0.2) is 30.1 Å². The molecule has 0 bridgehead atoms. The number of nitrogens with zero attached hydrogens (tertiary/aromatic N) is 2. The van der Waals surface area contributed by atoms with Crippen LogP contribution in [0.4, 0.5) is 5.69 Å². The predicted octanol–water partition coefficient (Wildman–Crippen LogP) is 4.30. The highest BCUT2D eigenvalue weighted by molar-refractivity contribution is 5.95. The fourth-order valence-electron chi connectivity index (χ4n) is 4.09. The lowest BCUT2D eigenvalue weighted by Crippen LogP contribution is -2.35. The molecule has 5 heteroatoms. The fraction of sp³-hybridized carbons (Fsp3) is 0.478. The number of fused-ring (bicyclic) bond motifs is 1. The third-order valence-corrected chi connectivity index (χ3v) is 5.53. The second-order valence-electron chi connectivity index (χ2n) is 7.47. The van der Waals surface area contributed by atoms with Gasteiger partial charge in [-0.05, 0) is 68.9 Å². The molecular weight excluding hydrogens is 352 g/mol. The standard InChI is InChI=1S/C23H30N2O3/c1-4-24(19-12-9-10-17(2)14-19)22(26)16-25-20-13-8-6-5-7-11-18(20)15-21(25)23(27)28-3/h9-10,12,14-15H,4-8,11,13,16H2,1-3H3. The van der Waals surface area contributed by atoms with Crippen molar-refractivity contribution >= 4 is 17.6 Å². The molecule has 1 amide bonds. The number of aryl methyl sites for hydroxylation is 2. The Morgan fingerprint density at radius 1 is 1.11 bits per heavy atom. The van der Waals surface area contributed by atoms with Crippen molar-refractivity contribution in [3.05, 3.63) is 52.8 Å². The van der Waals surface area contributed by atoms with Crippen LogP contribution in [0.25, 0.3) is 0 Å². The van der Waals surface area contributed by atoms with E-state index in [1.807, 2.05) is 48.7 Å². The second-order valence-corrected chi connectivity index (χ2v) is 7.47. The molecular formula is C23H30N2O3. The quantitative estimate of drug-likeness (QED) is 0.725. The number of carbonyl (C=O) groups excluding carboxylic acids is 2. The van der Waals surface area contributed by atoms with Gasteiger partial charge in [0.25, 0.3) is 0 Å². The third kappa shape index (κ3) is 4.29. The minimum absolute atomic E-state index is 0.0151. The Labute approximate surface area is 167 Å². The van der Waals surface area contributed by atoms with Gasteiger partial charge in [0, 0.05) is 17.9 Å². The molecule has 0 radical (unpaired) electrons. The van der Waals surface area contributed by atoms with Gasteiger partial charge in [-0.2, -0.15) is 0 Å². The van der Waals surface area contributed by atoms with Gasteiger partial charge in [0.1, 0.15) is 12.2 Å². The number of anilines is 1. The summed E-state index contributed by atoms with van der Waals surface area (Å²) < 4.78 is 6.90. The summed E-state index contributed by atoms with van der Waals surface area (Å²) in [5.74, 6) is -0.392. The molecule has 0 unspecified atom stereocenters. The lowest BCUT2D eigenvalue weighted by Gasteiger charge is -2.23. The van der Waals surface area contributed by atoms with Gasteiger partial charge in [-0.25, -0.2) is 4.79 Å². The van der Waals surface area contributed by atoms with E-state index in [0.29, 0.717) is 12.2 Å². The molecule has 1 aromatic carbocycles. The van der Waals surface area contributed by atoms with E-state index in [4.69, 9.17) is 4.74 Å². The normalized spacial score (nSPS) is 14.0. The van der Waals surface area contributed by atoms with Crippen molar-refractivity contribution in [2.45, 2.75) is 58.9 Å². The van der Waals surface area contributed by atoms with Crippen molar-refractivity contribution in [1.29, 1.82) is 0 Å². The van der Waals surface area contributed by atoms with Crippen molar-refractivity contribution in [2.24, 2.45) is 0 Å². The number of benzene rings is 1. The number of methoxy groups -OCH3 is 1. The van der Waals surface area contributed by atoms with Crippen molar-refractivity contribution < 1.29 is 14.3 Å². The minimum atomic E-state index is -0.377. The highest BCUT2D eigenvalue weighted by Crippen LogP contribution is 2.25. The first-order valence-corrected chi connectivity index (χ1v) is 10.2. The molecule has 0 N–H and O–H groups in total. The molecule has 0 atom stereocenters. The average Bonchev–Trinajstić information content (AvgIpc) is 2.98. The Balaban J connectivity index is 1.95. The van der Waals surface area contributed by atoms with E-state index in [2.05, 4.69) is 0 Å². The Hall–Kier alpha value is -2.56. The van der Waals surface area contributed by atoms with E-state index in [9.17, 15) is 9.59 Å². The summed E-state index contributed by atoms with van der Waals surface area (Å²) in [6.07, 6.45) is 6.47. The molecule has 3 rings (SSSR count). The number of esters is 1. The molecule has 1 aromatic heterocycles. The Bertz CT molecular complexity index is 854. The first kappa shape index (κ1) is 20.2. The molecule has 150 valence electrons. The second kappa shape index (κ2) is 9.09. The average molecular weight is 383 g/mol. The summed E-state index contributed by atoms with van der Waals surface area (Å²) in [6.45, 7) is 4.73. The van der Waals surface area contributed by atoms with Crippen LogP contribution < -0.4 is 4.90 Å². The monoisotopic (exact) mass is 382 g/mol. The molecule has 1 aliphatic rings. The maximum Gasteiger partial charge on any atom is 0.354 e. The van der Waals surface area contributed by atoms with E-state index in [0.717, 1.165) is 42.6 Å². The fourth-order valence-corrected chi connectivity index (χ4v) is 4.09. The van der Waals surface area contributed by atoms with Gasteiger partial charge in [-0.15, -0.1) is 0 Å². The summed E-state index contributed by atoms with van der Waals surface area (Å²) in [5.41, 5.74) is 4.80. The molecule has 2 aromatic rings. The summed E-state index contributed by atoms with van der Waals surface area (Å²) in [4.78, 5) is 27.4. The minimum Gasteiger partial charge on any atom is -0.464 e. The topological polar surface area (TPSA) is 51.5 Å². The van der Waals surface area contributed by atoms with Crippen molar-refractivity contribution in [1.82, 2.24) is 4.57 Å². The van der Waals surface area contributed by atoms with E-state index in [1.54, 1.807) is 4.90 Å². The molecule has 1 aliphatic carbocycles. The number of aromatic nitrogens is 1. The van der Waals surface area contributed by atoms with Gasteiger partial charge in [0.15, 0.2) is 0 Å². The number of rotatable bonds is 5. The number of carbonyl (C=O) groups is 2. The van der Waals surface area contributed by atoms with E-state index < -0.39 is 0 Å². The molecule has 0 saturated carbocycles. The number of hydrogen-bond donors (Lipinski definition) is 0.